The minimum absolute atomic E-state index is 0.483. The maximum atomic E-state index is 9.91. The highest BCUT2D eigenvalue weighted by Crippen LogP contribution is 2.13. The van der Waals surface area contributed by atoms with Gasteiger partial charge in [-0.15, -0.1) is 0 Å². The molecule has 0 fully saturated rings. The number of hydrogen-bond donors (Lipinski definition) is 2. The van der Waals surface area contributed by atoms with E-state index < -0.39 is 6.10 Å². The molecule has 0 spiro atoms. The summed E-state index contributed by atoms with van der Waals surface area (Å²) in [5.74, 6) is 0. The summed E-state index contributed by atoms with van der Waals surface area (Å²) in [4.78, 5) is 0. The molecule has 96 valence electrons. The fraction of sp³-hybridized carbons (Fsp3) is 0.538. The first kappa shape index (κ1) is 14.1. The summed E-state index contributed by atoms with van der Waals surface area (Å²) >= 11 is 0. The second kappa shape index (κ2) is 8.20. The number of hydrogen-bond acceptors (Lipinski definition) is 4. The lowest BCUT2D eigenvalue weighted by atomic mass is 10.1. The molecule has 0 aliphatic heterocycles. The van der Waals surface area contributed by atoms with E-state index >= 15 is 0 Å². The highest BCUT2D eigenvalue weighted by molar-refractivity contribution is 5.23. The van der Waals surface area contributed by atoms with Gasteiger partial charge in [0.25, 0.3) is 0 Å². The smallest absolute Gasteiger partial charge is 0.0914 e. The topological polar surface area (TPSA) is 50.7 Å². The third-order valence-corrected chi connectivity index (χ3v) is 2.50. The molecule has 4 nitrogen and oxygen atoms in total. The zero-order valence-corrected chi connectivity index (χ0v) is 10.5. The first-order valence-corrected chi connectivity index (χ1v) is 5.73. The molecule has 0 amide bonds. The van der Waals surface area contributed by atoms with Crippen LogP contribution in [-0.4, -0.2) is 39.0 Å². The maximum Gasteiger partial charge on any atom is 0.0914 e. The Labute approximate surface area is 103 Å². The molecule has 0 aliphatic carbocycles. The molecule has 1 unspecified atom stereocenters. The minimum Gasteiger partial charge on any atom is -0.387 e. The summed E-state index contributed by atoms with van der Waals surface area (Å²) < 4.78 is 9.95. The van der Waals surface area contributed by atoms with Crippen LogP contribution in [0, 0.1) is 0 Å². The Kier molecular flexibility index (Phi) is 6.81. The molecule has 1 aromatic rings. The van der Waals surface area contributed by atoms with Gasteiger partial charge in [-0.25, -0.2) is 0 Å². The van der Waals surface area contributed by atoms with E-state index in [0.717, 1.165) is 17.7 Å². The summed E-state index contributed by atoms with van der Waals surface area (Å²) in [6, 6.07) is 7.79. The number of nitrogens with one attached hydrogen (secondary N) is 1. The number of aliphatic hydroxyl groups is 1. The van der Waals surface area contributed by atoms with Crippen molar-refractivity contribution in [2.24, 2.45) is 0 Å². The quantitative estimate of drug-likeness (QED) is 0.667. The standard InChI is InChI=1S/C13H21NO3/c1-16-8-7-14-9-13(15)12-5-3-11(4-6-12)10-17-2/h3-6,13-15H,7-10H2,1-2H3. The van der Waals surface area contributed by atoms with Gasteiger partial charge in [-0.05, 0) is 11.1 Å². The van der Waals surface area contributed by atoms with Gasteiger partial charge in [0.2, 0.25) is 0 Å². The zero-order valence-electron chi connectivity index (χ0n) is 10.5. The van der Waals surface area contributed by atoms with Gasteiger partial charge >= 0.3 is 0 Å². The lowest BCUT2D eigenvalue weighted by molar-refractivity contribution is 0.161. The van der Waals surface area contributed by atoms with Gasteiger partial charge in [0.1, 0.15) is 0 Å². The highest BCUT2D eigenvalue weighted by Gasteiger charge is 2.06. The molecule has 1 atom stereocenters. The van der Waals surface area contributed by atoms with Gasteiger partial charge < -0.3 is 19.9 Å². The van der Waals surface area contributed by atoms with E-state index in [1.165, 1.54) is 0 Å². The molecule has 0 bridgehead atoms. The molecule has 1 rings (SSSR count). The Morgan fingerprint density at radius 2 is 1.88 bits per heavy atom. The van der Waals surface area contributed by atoms with Crippen molar-refractivity contribution in [2.75, 3.05) is 33.9 Å². The van der Waals surface area contributed by atoms with Gasteiger partial charge in [-0.1, -0.05) is 24.3 Å². The molecular weight excluding hydrogens is 218 g/mol. The van der Waals surface area contributed by atoms with Crippen molar-refractivity contribution in [3.8, 4) is 0 Å². The Hall–Kier alpha value is -0.940. The maximum absolute atomic E-state index is 9.91. The molecule has 0 saturated heterocycles. The Bertz CT molecular complexity index is 300. The van der Waals surface area contributed by atoms with Gasteiger partial charge in [0, 0.05) is 27.3 Å². The van der Waals surface area contributed by atoms with E-state index in [0.29, 0.717) is 19.8 Å². The molecule has 0 aliphatic rings. The van der Waals surface area contributed by atoms with Crippen LogP contribution in [0.1, 0.15) is 17.2 Å². The second-order valence-electron chi connectivity index (χ2n) is 3.89. The SMILES string of the molecule is COCCNCC(O)c1ccc(COC)cc1. The first-order chi connectivity index (χ1) is 8.27. The molecule has 4 heteroatoms. The molecule has 1 aromatic carbocycles. The monoisotopic (exact) mass is 239 g/mol. The van der Waals surface area contributed by atoms with Gasteiger partial charge in [0.15, 0.2) is 0 Å². The van der Waals surface area contributed by atoms with Gasteiger partial charge in [0.05, 0.1) is 19.3 Å². The summed E-state index contributed by atoms with van der Waals surface area (Å²) in [6.07, 6.45) is -0.483. The van der Waals surface area contributed by atoms with Crippen molar-refractivity contribution in [1.82, 2.24) is 5.32 Å². The third-order valence-electron chi connectivity index (χ3n) is 2.50. The predicted molar refractivity (Wildman–Crippen MR) is 66.9 cm³/mol. The van der Waals surface area contributed by atoms with Crippen LogP contribution in [0.2, 0.25) is 0 Å². The van der Waals surface area contributed by atoms with E-state index in [9.17, 15) is 5.11 Å². The Morgan fingerprint density at radius 3 is 2.47 bits per heavy atom. The van der Waals surface area contributed by atoms with E-state index in [2.05, 4.69) is 5.32 Å². The number of ether oxygens (including phenoxy) is 2. The summed E-state index contributed by atoms with van der Waals surface area (Å²) in [6.45, 7) is 2.53. The molecule has 0 aromatic heterocycles. The van der Waals surface area contributed by atoms with Crippen molar-refractivity contribution in [1.29, 1.82) is 0 Å². The summed E-state index contributed by atoms with van der Waals surface area (Å²) in [7, 11) is 3.33. The second-order valence-corrected chi connectivity index (χ2v) is 3.89. The molecule has 0 heterocycles. The fourth-order valence-electron chi connectivity index (χ4n) is 1.53. The number of methoxy groups -OCH3 is 2. The summed E-state index contributed by atoms with van der Waals surface area (Å²) in [5, 5.41) is 13.0. The lowest BCUT2D eigenvalue weighted by Crippen LogP contribution is -2.24. The van der Waals surface area contributed by atoms with Crippen LogP contribution in [-0.2, 0) is 16.1 Å². The van der Waals surface area contributed by atoms with Crippen molar-refractivity contribution in [3.63, 3.8) is 0 Å². The molecular formula is C13H21NO3. The Balaban J connectivity index is 2.37. The number of aliphatic hydroxyl groups excluding tert-OH is 1. The van der Waals surface area contributed by atoms with Crippen LogP contribution in [0.5, 0.6) is 0 Å². The van der Waals surface area contributed by atoms with Gasteiger partial charge in [-0.2, -0.15) is 0 Å². The number of rotatable bonds is 8. The first-order valence-electron chi connectivity index (χ1n) is 5.73. The van der Waals surface area contributed by atoms with Crippen LogP contribution in [0.4, 0.5) is 0 Å². The van der Waals surface area contributed by atoms with Crippen LogP contribution >= 0.6 is 0 Å². The average Bonchev–Trinajstić information content (AvgIpc) is 2.36. The molecule has 2 N–H and O–H groups in total. The zero-order chi connectivity index (χ0) is 12.5. The largest absolute Gasteiger partial charge is 0.387 e. The third kappa shape index (κ3) is 5.28. The summed E-state index contributed by atoms with van der Waals surface area (Å²) in [5.41, 5.74) is 2.02. The van der Waals surface area contributed by atoms with Crippen LogP contribution in [0.25, 0.3) is 0 Å². The van der Waals surface area contributed by atoms with E-state index in [1.54, 1.807) is 14.2 Å². The van der Waals surface area contributed by atoms with Gasteiger partial charge in [-0.3, -0.25) is 0 Å². The van der Waals surface area contributed by atoms with Crippen molar-refractivity contribution in [3.05, 3.63) is 35.4 Å². The van der Waals surface area contributed by atoms with E-state index in [1.807, 2.05) is 24.3 Å². The number of benzene rings is 1. The van der Waals surface area contributed by atoms with Crippen molar-refractivity contribution >= 4 is 0 Å². The predicted octanol–water partition coefficient (Wildman–Crippen LogP) is 1.10. The van der Waals surface area contributed by atoms with Crippen LogP contribution in [0.15, 0.2) is 24.3 Å². The molecule has 17 heavy (non-hydrogen) atoms. The van der Waals surface area contributed by atoms with Crippen molar-refractivity contribution in [2.45, 2.75) is 12.7 Å². The van der Waals surface area contributed by atoms with Crippen LogP contribution < -0.4 is 5.32 Å². The normalized spacial score (nSPS) is 12.6. The highest BCUT2D eigenvalue weighted by atomic mass is 16.5. The minimum atomic E-state index is -0.483. The fourth-order valence-corrected chi connectivity index (χ4v) is 1.53. The van der Waals surface area contributed by atoms with Crippen molar-refractivity contribution < 1.29 is 14.6 Å². The van der Waals surface area contributed by atoms with E-state index in [4.69, 9.17) is 9.47 Å². The lowest BCUT2D eigenvalue weighted by Gasteiger charge is -2.12. The molecule has 0 saturated carbocycles. The Morgan fingerprint density at radius 1 is 1.18 bits per heavy atom. The van der Waals surface area contributed by atoms with Crippen LogP contribution in [0.3, 0.4) is 0 Å². The molecule has 0 radical (unpaired) electrons. The average molecular weight is 239 g/mol. The van der Waals surface area contributed by atoms with E-state index in [-0.39, 0.29) is 0 Å².